The molecule has 0 heterocycles. The van der Waals surface area contributed by atoms with Gasteiger partial charge in [0, 0.05) is 22.0 Å². The van der Waals surface area contributed by atoms with Crippen molar-refractivity contribution in [3.63, 3.8) is 0 Å². The molecule has 0 aromatic carbocycles. The lowest BCUT2D eigenvalue weighted by atomic mass is 9.33. The SMILES string of the molecule is C=C(C=O)[C@@H]1CC[C@]2(C=O)CC[C@]3(C)[C@H](CCC4[C@@]5(C)CCC(=O)[C@H](C)C5CC[C@]43C)C12.[HH].[HH].[HH]. The fourth-order valence-electron chi connectivity index (χ4n) is 10.8. The molecule has 10 atom stereocenters. The summed E-state index contributed by atoms with van der Waals surface area (Å²) in [4.78, 5) is 36.8. The van der Waals surface area contributed by atoms with Crippen molar-refractivity contribution in [2.75, 3.05) is 0 Å². The number of Topliss-reactive ketones (excluding diaryl/α,β-unsaturated/α-hetero) is 1. The molecule has 3 unspecified atom stereocenters. The maximum atomic E-state index is 12.6. The minimum absolute atomic E-state index is 0. The Morgan fingerprint density at radius 1 is 0.938 bits per heavy atom. The molecule has 0 saturated heterocycles. The molecule has 5 aliphatic carbocycles. The summed E-state index contributed by atoms with van der Waals surface area (Å²) >= 11 is 0. The van der Waals surface area contributed by atoms with Gasteiger partial charge < -0.3 is 4.79 Å². The highest BCUT2D eigenvalue weighted by molar-refractivity contribution is 5.82. The van der Waals surface area contributed by atoms with E-state index in [-0.39, 0.29) is 43.7 Å². The highest BCUT2D eigenvalue weighted by Crippen LogP contribution is 2.76. The van der Waals surface area contributed by atoms with Gasteiger partial charge in [0.2, 0.25) is 0 Å². The van der Waals surface area contributed by atoms with Crippen molar-refractivity contribution in [2.24, 2.45) is 57.2 Å². The van der Waals surface area contributed by atoms with E-state index in [1.807, 2.05) is 0 Å². The second-order valence-corrected chi connectivity index (χ2v) is 13.2. The van der Waals surface area contributed by atoms with Gasteiger partial charge in [-0.1, -0.05) is 34.3 Å². The van der Waals surface area contributed by atoms with Crippen LogP contribution in [0.5, 0.6) is 0 Å². The average Bonchev–Trinajstić information content (AvgIpc) is 3.17. The molecular formula is C29H48O3. The van der Waals surface area contributed by atoms with Crippen LogP contribution in [0.25, 0.3) is 0 Å². The predicted octanol–water partition coefficient (Wildman–Crippen LogP) is 6.94. The van der Waals surface area contributed by atoms with Crippen molar-refractivity contribution in [2.45, 2.75) is 91.9 Å². The summed E-state index contributed by atoms with van der Waals surface area (Å²) in [5.74, 6) is 2.76. The zero-order chi connectivity index (χ0) is 23.1. The van der Waals surface area contributed by atoms with Gasteiger partial charge in [-0.2, -0.15) is 0 Å². The maximum Gasteiger partial charge on any atom is 0.145 e. The highest BCUT2D eigenvalue weighted by Gasteiger charge is 2.70. The Morgan fingerprint density at radius 2 is 1.69 bits per heavy atom. The van der Waals surface area contributed by atoms with E-state index in [1.54, 1.807) is 0 Å². The van der Waals surface area contributed by atoms with E-state index in [4.69, 9.17) is 0 Å². The summed E-state index contributed by atoms with van der Waals surface area (Å²) in [6, 6.07) is 0. The number of carbonyl (C=O) groups is 3. The number of fused-ring (bicyclic) bond motifs is 7. The summed E-state index contributed by atoms with van der Waals surface area (Å²) in [6.45, 7) is 13.9. The molecule has 0 aliphatic heterocycles. The summed E-state index contributed by atoms with van der Waals surface area (Å²) in [7, 11) is 0. The molecule has 3 heteroatoms. The van der Waals surface area contributed by atoms with Crippen molar-refractivity contribution in [1.29, 1.82) is 0 Å². The molecule has 0 spiro atoms. The first-order chi connectivity index (χ1) is 15.1. The standard InChI is InChI=1S/C29H42O3.3H2/c1-18(16-30)20-8-13-29(17-31)15-14-27(4)22(25(20)29)6-7-24-26(3)11-10-23(32)19(2)21(26)9-12-28(24,27)5;;;/h16-17,19-22,24-25H,1,6-15H2,2-5H3;3*1H/t19-,20+,21?,22-,24?,25?,26+,27-,28-,29-;;;/m1.../s1. The van der Waals surface area contributed by atoms with E-state index < -0.39 is 0 Å². The molecule has 5 fully saturated rings. The minimum Gasteiger partial charge on any atom is -0.303 e. The van der Waals surface area contributed by atoms with E-state index in [9.17, 15) is 14.4 Å². The lowest BCUT2D eigenvalue weighted by Gasteiger charge is -2.71. The zero-order valence-corrected chi connectivity index (χ0v) is 20.6. The van der Waals surface area contributed by atoms with Crippen molar-refractivity contribution >= 4 is 18.4 Å². The zero-order valence-electron chi connectivity index (χ0n) is 20.6. The Bertz CT molecular complexity index is 875. The molecule has 182 valence electrons. The topological polar surface area (TPSA) is 51.2 Å². The molecule has 3 nitrogen and oxygen atoms in total. The van der Waals surface area contributed by atoms with Crippen LogP contribution in [0.4, 0.5) is 0 Å². The third-order valence-electron chi connectivity index (χ3n) is 12.7. The largest absolute Gasteiger partial charge is 0.303 e. The molecule has 0 aromatic rings. The molecule has 0 aromatic heterocycles. The fraction of sp³-hybridized carbons (Fsp3) is 0.828. The van der Waals surface area contributed by atoms with Crippen LogP contribution in [-0.4, -0.2) is 18.4 Å². The number of aldehydes is 2. The Morgan fingerprint density at radius 3 is 2.38 bits per heavy atom. The van der Waals surface area contributed by atoms with E-state index in [0.717, 1.165) is 57.7 Å². The van der Waals surface area contributed by atoms with E-state index in [1.165, 1.54) is 19.1 Å². The first kappa shape index (κ1) is 22.5. The number of allylic oxidation sites excluding steroid dienone is 1. The van der Waals surface area contributed by atoms with Gasteiger partial charge in [-0.05, 0) is 109 Å². The summed E-state index contributed by atoms with van der Waals surface area (Å²) in [5.41, 5.74) is 1.11. The quantitative estimate of drug-likeness (QED) is 0.350. The second-order valence-electron chi connectivity index (χ2n) is 13.2. The second kappa shape index (κ2) is 7.12. The van der Waals surface area contributed by atoms with Crippen LogP contribution in [-0.2, 0) is 14.4 Å². The van der Waals surface area contributed by atoms with Crippen molar-refractivity contribution in [1.82, 2.24) is 0 Å². The molecule has 5 saturated carbocycles. The summed E-state index contributed by atoms with van der Waals surface area (Å²) < 4.78 is 0. The Hall–Kier alpha value is -1.25. The molecule has 0 amide bonds. The number of hydrogen-bond acceptors (Lipinski definition) is 3. The number of carbonyl (C=O) groups excluding carboxylic acids is 3. The molecule has 32 heavy (non-hydrogen) atoms. The molecule has 0 bridgehead atoms. The van der Waals surface area contributed by atoms with Gasteiger partial charge in [0.15, 0.2) is 0 Å². The van der Waals surface area contributed by atoms with Crippen LogP contribution in [0.1, 0.15) is 96.2 Å². The van der Waals surface area contributed by atoms with Crippen LogP contribution in [0, 0.1) is 57.2 Å². The first-order valence-corrected chi connectivity index (χ1v) is 13.2. The van der Waals surface area contributed by atoms with Crippen LogP contribution >= 0.6 is 0 Å². The van der Waals surface area contributed by atoms with Crippen LogP contribution in [0.3, 0.4) is 0 Å². The molecular weight excluding hydrogens is 396 g/mol. The lowest BCUT2D eigenvalue weighted by Crippen LogP contribution is -2.65. The molecule has 0 N–H and O–H groups in total. The van der Waals surface area contributed by atoms with Gasteiger partial charge in [0.05, 0.1) is 0 Å². The molecule has 5 aliphatic rings. The predicted molar refractivity (Wildman–Crippen MR) is 132 cm³/mol. The van der Waals surface area contributed by atoms with Crippen LogP contribution in [0.15, 0.2) is 12.2 Å². The Kier molecular flexibility index (Phi) is 5.02. The average molecular weight is 445 g/mol. The van der Waals surface area contributed by atoms with Crippen molar-refractivity contribution in [3.05, 3.63) is 12.2 Å². The normalized spacial score (nSPS) is 54.6. The molecule has 0 radical (unpaired) electrons. The monoisotopic (exact) mass is 444 g/mol. The van der Waals surface area contributed by atoms with Gasteiger partial charge in [-0.15, -0.1) is 0 Å². The van der Waals surface area contributed by atoms with Gasteiger partial charge in [-0.25, -0.2) is 0 Å². The number of rotatable bonds is 3. The highest BCUT2D eigenvalue weighted by atomic mass is 16.1. The lowest BCUT2D eigenvalue weighted by molar-refractivity contribution is -0.224. The Labute approximate surface area is 198 Å². The number of ketones is 1. The van der Waals surface area contributed by atoms with Crippen molar-refractivity contribution < 1.29 is 18.7 Å². The van der Waals surface area contributed by atoms with E-state index in [0.29, 0.717) is 29.1 Å². The van der Waals surface area contributed by atoms with Gasteiger partial charge in [0.25, 0.3) is 0 Å². The third-order valence-corrected chi connectivity index (χ3v) is 12.7. The fourth-order valence-corrected chi connectivity index (χ4v) is 10.8. The van der Waals surface area contributed by atoms with Crippen LogP contribution in [0.2, 0.25) is 0 Å². The number of hydrogen-bond donors (Lipinski definition) is 0. The van der Waals surface area contributed by atoms with Crippen LogP contribution < -0.4 is 0 Å². The summed E-state index contributed by atoms with van der Waals surface area (Å²) in [5, 5.41) is 0. The Balaban J connectivity index is 0.00000144. The summed E-state index contributed by atoms with van der Waals surface area (Å²) in [6.07, 6.45) is 12.7. The van der Waals surface area contributed by atoms with E-state index >= 15 is 0 Å². The maximum absolute atomic E-state index is 12.6. The van der Waals surface area contributed by atoms with Gasteiger partial charge in [0.1, 0.15) is 18.4 Å². The molecule has 5 rings (SSSR count). The van der Waals surface area contributed by atoms with Gasteiger partial charge in [-0.3, -0.25) is 9.59 Å². The van der Waals surface area contributed by atoms with E-state index in [2.05, 4.69) is 34.3 Å². The van der Waals surface area contributed by atoms with Gasteiger partial charge >= 0.3 is 0 Å². The first-order valence-electron chi connectivity index (χ1n) is 13.2. The minimum atomic E-state index is -0.253. The van der Waals surface area contributed by atoms with Crippen molar-refractivity contribution in [3.8, 4) is 0 Å². The smallest absolute Gasteiger partial charge is 0.145 e. The third kappa shape index (κ3) is 2.57.